The van der Waals surface area contributed by atoms with Gasteiger partial charge in [-0.2, -0.15) is 0 Å². The van der Waals surface area contributed by atoms with E-state index < -0.39 is 0 Å². The Morgan fingerprint density at radius 3 is 2.62 bits per heavy atom. The van der Waals surface area contributed by atoms with Crippen molar-refractivity contribution in [1.29, 1.82) is 0 Å². The van der Waals surface area contributed by atoms with Gasteiger partial charge >= 0.3 is 0 Å². The quantitative estimate of drug-likeness (QED) is 0.411. The van der Waals surface area contributed by atoms with Crippen LogP contribution in [-0.4, -0.2) is 24.2 Å². The maximum atomic E-state index is 3.52. The monoisotopic (exact) mass is 110 g/mol. The van der Waals surface area contributed by atoms with E-state index in [0.29, 0.717) is 5.54 Å². The van der Waals surface area contributed by atoms with E-state index in [2.05, 4.69) is 10.6 Å². The first-order chi connectivity index (χ1) is 3.92. The predicted molar refractivity (Wildman–Crippen MR) is 30.7 cm³/mol. The molecule has 2 aliphatic heterocycles. The van der Waals surface area contributed by atoms with Crippen molar-refractivity contribution >= 4 is 0 Å². The largest absolute Gasteiger partial charge is 0.310 e. The third-order valence-corrected chi connectivity index (χ3v) is 3.02. The number of piperazine rings is 1. The van der Waals surface area contributed by atoms with E-state index in [0.717, 1.165) is 12.1 Å². The minimum absolute atomic E-state index is 0.639. The van der Waals surface area contributed by atoms with Gasteiger partial charge in [-0.1, -0.05) is 0 Å². The molecule has 3 fully saturated rings. The first-order valence-electron chi connectivity index (χ1n) is 3.43. The van der Waals surface area contributed by atoms with Gasteiger partial charge in [0.1, 0.15) is 0 Å². The van der Waals surface area contributed by atoms with E-state index in [4.69, 9.17) is 0 Å². The smallest absolute Gasteiger partial charge is 0.0506 e. The highest BCUT2D eigenvalue weighted by molar-refractivity contribution is 5.31. The normalized spacial score (nSPS) is 66.0. The van der Waals surface area contributed by atoms with E-state index >= 15 is 0 Å². The number of rotatable bonds is 0. The van der Waals surface area contributed by atoms with Crippen molar-refractivity contribution in [3.63, 3.8) is 0 Å². The molecular formula is C6H10N2. The number of hydrogen-bond acceptors (Lipinski definition) is 2. The Morgan fingerprint density at radius 1 is 1.38 bits per heavy atom. The van der Waals surface area contributed by atoms with Gasteiger partial charge in [0.05, 0.1) is 5.54 Å². The third kappa shape index (κ3) is 0.213. The Balaban J connectivity index is 2.02. The van der Waals surface area contributed by atoms with Crippen LogP contribution in [0.25, 0.3) is 0 Å². The van der Waals surface area contributed by atoms with Crippen molar-refractivity contribution in [2.75, 3.05) is 6.54 Å². The molecule has 3 unspecified atom stereocenters. The summed E-state index contributed by atoms with van der Waals surface area (Å²) < 4.78 is 0. The van der Waals surface area contributed by atoms with Gasteiger partial charge in [-0.15, -0.1) is 0 Å². The van der Waals surface area contributed by atoms with Crippen molar-refractivity contribution in [3.05, 3.63) is 0 Å². The van der Waals surface area contributed by atoms with Crippen molar-refractivity contribution in [2.24, 2.45) is 0 Å². The fourth-order valence-electron chi connectivity index (χ4n) is 2.25. The SMILES string of the molecule is C1CC23NC2CNC13. The third-order valence-electron chi connectivity index (χ3n) is 3.02. The molecule has 3 aliphatic rings. The maximum absolute atomic E-state index is 3.52. The second-order valence-corrected chi connectivity index (χ2v) is 3.24. The lowest BCUT2D eigenvalue weighted by atomic mass is 9.79. The second kappa shape index (κ2) is 0.847. The van der Waals surface area contributed by atoms with Gasteiger partial charge in [0, 0.05) is 18.6 Å². The zero-order valence-corrected chi connectivity index (χ0v) is 4.78. The van der Waals surface area contributed by atoms with Crippen LogP contribution in [0.15, 0.2) is 0 Å². The van der Waals surface area contributed by atoms with Crippen LogP contribution in [-0.2, 0) is 0 Å². The first kappa shape index (κ1) is 3.85. The highest BCUT2D eigenvalue weighted by Crippen LogP contribution is 2.48. The van der Waals surface area contributed by atoms with Gasteiger partial charge in [-0.3, -0.25) is 0 Å². The van der Waals surface area contributed by atoms with E-state index in [1.807, 2.05) is 0 Å². The fourth-order valence-corrected chi connectivity index (χ4v) is 2.25. The molecule has 2 heterocycles. The van der Waals surface area contributed by atoms with Gasteiger partial charge in [0.25, 0.3) is 0 Å². The summed E-state index contributed by atoms with van der Waals surface area (Å²) in [4.78, 5) is 0. The molecule has 0 aromatic heterocycles. The summed E-state index contributed by atoms with van der Waals surface area (Å²) in [7, 11) is 0. The molecule has 1 aliphatic carbocycles. The lowest BCUT2D eigenvalue weighted by Crippen LogP contribution is -2.48. The molecule has 0 aromatic rings. The molecule has 44 valence electrons. The number of nitrogens with one attached hydrogen (secondary N) is 2. The van der Waals surface area contributed by atoms with E-state index in [-0.39, 0.29) is 0 Å². The molecule has 2 N–H and O–H groups in total. The minimum Gasteiger partial charge on any atom is -0.310 e. The van der Waals surface area contributed by atoms with Gasteiger partial charge in [-0.25, -0.2) is 0 Å². The summed E-state index contributed by atoms with van der Waals surface area (Å²) in [6.45, 7) is 1.23. The zero-order chi connectivity index (χ0) is 5.19. The van der Waals surface area contributed by atoms with Gasteiger partial charge in [-0.05, 0) is 12.8 Å². The molecule has 0 amide bonds. The summed E-state index contributed by atoms with van der Waals surface area (Å²) in [5.41, 5.74) is 0.639. The molecule has 8 heavy (non-hydrogen) atoms. The minimum atomic E-state index is 0.639. The molecule has 0 radical (unpaired) electrons. The average molecular weight is 110 g/mol. The summed E-state index contributed by atoms with van der Waals surface area (Å²) in [5.74, 6) is 0. The molecular weight excluding hydrogens is 100 g/mol. The van der Waals surface area contributed by atoms with E-state index in [1.165, 1.54) is 19.4 Å². The molecule has 0 bridgehead atoms. The van der Waals surface area contributed by atoms with Crippen molar-refractivity contribution in [3.8, 4) is 0 Å². The molecule has 1 saturated carbocycles. The molecule has 1 spiro atoms. The number of hydrogen-bond donors (Lipinski definition) is 2. The van der Waals surface area contributed by atoms with Crippen LogP contribution in [0.1, 0.15) is 12.8 Å². The highest BCUT2D eigenvalue weighted by atomic mass is 15.4. The molecule has 0 aromatic carbocycles. The summed E-state index contributed by atoms with van der Waals surface area (Å²) >= 11 is 0. The standard InChI is InChI=1S/C6H10N2/c1-2-6-4(1)7-3-5(6)8-6/h4-5,7-8H,1-3H2. The Bertz CT molecular complexity index is 139. The molecule has 2 heteroatoms. The van der Waals surface area contributed by atoms with Gasteiger partial charge in [0.2, 0.25) is 0 Å². The van der Waals surface area contributed by atoms with Crippen LogP contribution in [0.2, 0.25) is 0 Å². The van der Waals surface area contributed by atoms with E-state index in [1.54, 1.807) is 0 Å². The van der Waals surface area contributed by atoms with Crippen molar-refractivity contribution in [1.82, 2.24) is 10.6 Å². The van der Waals surface area contributed by atoms with Crippen LogP contribution < -0.4 is 10.6 Å². The zero-order valence-electron chi connectivity index (χ0n) is 4.78. The lowest BCUT2D eigenvalue weighted by molar-refractivity contribution is 0.291. The second-order valence-electron chi connectivity index (χ2n) is 3.24. The van der Waals surface area contributed by atoms with Gasteiger partial charge in [0.15, 0.2) is 0 Å². The molecule has 2 saturated heterocycles. The van der Waals surface area contributed by atoms with Crippen molar-refractivity contribution in [2.45, 2.75) is 30.5 Å². The topological polar surface area (TPSA) is 34.0 Å². The molecule has 3 atom stereocenters. The van der Waals surface area contributed by atoms with Crippen LogP contribution in [0.5, 0.6) is 0 Å². The van der Waals surface area contributed by atoms with Crippen LogP contribution in [0.4, 0.5) is 0 Å². The Hall–Kier alpha value is -0.0800. The van der Waals surface area contributed by atoms with Crippen LogP contribution >= 0.6 is 0 Å². The van der Waals surface area contributed by atoms with Crippen LogP contribution in [0, 0.1) is 0 Å². The Morgan fingerprint density at radius 2 is 2.38 bits per heavy atom. The van der Waals surface area contributed by atoms with E-state index in [9.17, 15) is 0 Å². The summed E-state index contributed by atoms with van der Waals surface area (Å²) in [6, 6.07) is 1.72. The molecule has 2 nitrogen and oxygen atoms in total. The highest BCUT2D eigenvalue weighted by Gasteiger charge is 2.67. The first-order valence-corrected chi connectivity index (χ1v) is 3.43. The maximum Gasteiger partial charge on any atom is 0.0506 e. The molecule has 3 rings (SSSR count). The van der Waals surface area contributed by atoms with Gasteiger partial charge < -0.3 is 10.6 Å². The Labute approximate surface area is 48.6 Å². The van der Waals surface area contributed by atoms with Crippen molar-refractivity contribution < 1.29 is 0 Å². The fraction of sp³-hybridized carbons (Fsp3) is 1.00. The van der Waals surface area contributed by atoms with Crippen LogP contribution in [0.3, 0.4) is 0 Å². The Kier molecular flexibility index (Phi) is 0.408. The predicted octanol–water partition coefficient (Wildman–Crippen LogP) is -0.537. The summed E-state index contributed by atoms with van der Waals surface area (Å²) in [5, 5.41) is 7.00. The summed E-state index contributed by atoms with van der Waals surface area (Å²) in [6.07, 6.45) is 2.83. The lowest BCUT2D eigenvalue weighted by Gasteiger charge is -2.32. The average Bonchev–Trinajstić information content (AvgIpc) is 2.36.